The Hall–Kier alpha value is -2.42. The number of hydrogen-bond donors (Lipinski definition) is 2. The molecule has 0 aromatic rings. The van der Waals surface area contributed by atoms with Crippen LogP contribution in [-0.2, 0) is 19.2 Å². The van der Waals surface area contributed by atoms with E-state index in [1.54, 1.807) is 29.8 Å². The molecule has 2 N–H and O–H groups in total. The molecule has 0 aromatic heterocycles. The Balaban J connectivity index is 0.00000111. The number of unbranched alkanes of at least 4 members (excludes halogenated alkanes) is 2. The average molecular weight is 608 g/mol. The van der Waals surface area contributed by atoms with Gasteiger partial charge < -0.3 is 25.3 Å². The highest BCUT2D eigenvalue weighted by molar-refractivity contribution is 5.97. The first-order valence-corrected chi connectivity index (χ1v) is 16.7. The molecule has 0 aromatic carbocycles. The van der Waals surface area contributed by atoms with Gasteiger partial charge >= 0.3 is 0 Å². The largest absolute Gasteiger partial charge is 0.354 e. The summed E-state index contributed by atoms with van der Waals surface area (Å²) in [5.74, 6) is 0.424. The van der Waals surface area contributed by atoms with E-state index < -0.39 is 6.04 Å². The summed E-state index contributed by atoms with van der Waals surface area (Å²) in [6, 6.07) is 0.0419. The van der Waals surface area contributed by atoms with Gasteiger partial charge in [0, 0.05) is 31.8 Å². The van der Waals surface area contributed by atoms with Crippen molar-refractivity contribution in [2.45, 2.75) is 132 Å². The molecule has 2 aliphatic heterocycles. The van der Waals surface area contributed by atoms with Gasteiger partial charge in [-0.05, 0) is 77.8 Å². The predicted molar refractivity (Wildman–Crippen MR) is 178 cm³/mol. The fourth-order valence-corrected chi connectivity index (χ4v) is 5.15. The van der Waals surface area contributed by atoms with Gasteiger partial charge in [-0.2, -0.15) is 0 Å². The molecule has 2 heterocycles. The molecule has 4 amide bonds. The Morgan fingerprint density at radius 2 is 1.53 bits per heavy atom. The van der Waals surface area contributed by atoms with Crippen LogP contribution in [0.15, 0.2) is 11.6 Å². The molecule has 0 aliphatic carbocycles. The molecule has 2 atom stereocenters. The first kappa shape index (κ1) is 40.6. The molecular formula is C34H65N5O4. The second kappa shape index (κ2) is 23.0. The van der Waals surface area contributed by atoms with Gasteiger partial charge in [0.2, 0.25) is 24.1 Å². The monoisotopic (exact) mass is 608 g/mol. The van der Waals surface area contributed by atoms with Crippen LogP contribution in [0, 0.1) is 11.8 Å². The fourth-order valence-electron chi connectivity index (χ4n) is 5.15. The molecule has 2 saturated heterocycles. The van der Waals surface area contributed by atoms with Crippen molar-refractivity contribution in [2.75, 3.05) is 39.8 Å². The van der Waals surface area contributed by atoms with Crippen LogP contribution in [0.3, 0.4) is 0 Å². The van der Waals surface area contributed by atoms with Crippen molar-refractivity contribution >= 4 is 24.1 Å². The Labute approximate surface area is 263 Å². The minimum absolute atomic E-state index is 0.0779. The van der Waals surface area contributed by atoms with Crippen molar-refractivity contribution in [3.8, 4) is 0 Å². The fraction of sp³-hybridized carbons (Fsp3) is 0.824. The number of nitrogens with one attached hydrogen (secondary N) is 2. The minimum atomic E-state index is -0.434. The van der Waals surface area contributed by atoms with Crippen LogP contribution < -0.4 is 10.6 Å². The maximum absolute atomic E-state index is 13.1. The second-order valence-electron chi connectivity index (χ2n) is 13.2. The summed E-state index contributed by atoms with van der Waals surface area (Å²) in [6.07, 6.45) is 11.1. The van der Waals surface area contributed by atoms with Crippen molar-refractivity contribution in [1.82, 2.24) is 25.3 Å². The maximum atomic E-state index is 13.1. The normalized spacial score (nSPS) is 17.9. The number of rotatable bonds is 13. The molecule has 0 unspecified atom stereocenters. The SMILES string of the molecule is CC(C)C.CC(C)N1CCCCC1.CCCCCNC(=O)[C@@H]1CCCN1C(=O)/C(C)=C/[C@H](C(C)C)N(C)C(=O)CNC=O. The van der Waals surface area contributed by atoms with Crippen LogP contribution in [-0.4, -0.2) is 96.7 Å². The number of piperidine rings is 1. The van der Waals surface area contributed by atoms with Gasteiger partial charge in [0.15, 0.2) is 0 Å². The molecule has 0 saturated carbocycles. The lowest BCUT2D eigenvalue weighted by Crippen LogP contribution is -2.47. The molecule has 2 aliphatic rings. The first-order chi connectivity index (χ1) is 20.3. The standard InChI is InChI=1S/C22H38N4O4.C8H17N.C4H10/c1-6-7-8-11-24-21(29)18-10-9-12-26(18)22(30)17(4)13-19(16(2)3)25(5)20(28)14-23-15-27;1-8(2)9-6-4-3-5-7-9;1-4(2)3/h13,15-16,18-19H,6-12,14H2,1-5H3,(H,23,27)(H,24,29);8H,3-7H2,1-2H3;4H,1-3H3/b17-13+;;/t18-,19+;;/m0../s1. The Kier molecular flexibility index (Phi) is 21.7. The number of carbonyl (C=O) groups is 4. The molecule has 9 nitrogen and oxygen atoms in total. The first-order valence-electron chi connectivity index (χ1n) is 16.7. The molecule has 0 radical (unpaired) electrons. The molecule has 43 heavy (non-hydrogen) atoms. The summed E-state index contributed by atoms with van der Waals surface area (Å²) in [6.45, 7) is 22.6. The van der Waals surface area contributed by atoms with Crippen LogP contribution in [0.1, 0.15) is 114 Å². The third-order valence-electron chi connectivity index (χ3n) is 7.64. The van der Waals surface area contributed by atoms with E-state index in [4.69, 9.17) is 0 Å². The van der Waals surface area contributed by atoms with E-state index in [0.29, 0.717) is 31.5 Å². The number of hydrogen-bond acceptors (Lipinski definition) is 5. The number of nitrogens with zero attached hydrogens (tertiary/aromatic N) is 3. The number of likely N-dealkylation sites (N-methyl/N-ethyl adjacent to an activating group) is 1. The van der Waals surface area contributed by atoms with E-state index in [1.165, 1.54) is 32.4 Å². The molecule has 0 bridgehead atoms. The minimum Gasteiger partial charge on any atom is -0.354 e. The molecule has 250 valence electrons. The van der Waals surface area contributed by atoms with Gasteiger partial charge in [0.25, 0.3) is 0 Å². The smallest absolute Gasteiger partial charge is 0.249 e. The molecule has 0 spiro atoms. The van der Waals surface area contributed by atoms with Gasteiger partial charge in [-0.25, -0.2) is 0 Å². The van der Waals surface area contributed by atoms with Crippen molar-refractivity contribution in [2.24, 2.45) is 11.8 Å². The predicted octanol–water partition coefficient (Wildman–Crippen LogP) is 5.00. The van der Waals surface area contributed by atoms with E-state index in [1.807, 2.05) is 13.8 Å². The van der Waals surface area contributed by atoms with E-state index in [9.17, 15) is 19.2 Å². The van der Waals surface area contributed by atoms with Crippen molar-refractivity contribution < 1.29 is 19.2 Å². The summed E-state index contributed by atoms with van der Waals surface area (Å²) >= 11 is 0. The maximum Gasteiger partial charge on any atom is 0.249 e. The summed E-state index contributed by atoms with van der Waals surface area (Å²) in [5, 5.41) is 5.33. The third kappa shape index (κ3) is 16.9. The highest BCUT2D eigenvalue weighted by Gasteiger charge is 2.34. The van der Waals surface area contributed by atoms with E-state index in [0.717, 1.165) is 37.6 Å². The molecule has 2 fully saturated rings. The van der Waals surface area contributed by atoms with Gasteiger partial charge in [-0.15, -0.1) is 0 Å². The van der Waals surface area contributed by atoms with Crippen LogP contribution in [0.4, 0.5) is 0 Å². The quantitative estimate of drug-likeness (QED) is 0.174. The second-order valence-corrected chi connectivity index (χ2v) is 13.2. The van der Waals surface area contributed by atoms with Crippen molar-refractivity contribution in [3.05, 3.63) is 11.6 Å². The summed E-state index contributed by atoms with van der Waals surface area (Å²) in [7, 11) is 1.66. The number of likely N-dealkylation sites (tertiary alicyclic amines) is 2. The van der Waals surface area contributed by atoms with Crippen LogP contribution in [0.25, 0.3) is 0 Å². The molecule has 9 heteroatoms. The highest BCUT2D eigenvalue weighted by atomic mass is 16.2. The zero-order valence-corrected chi connectivity index (χ0v) is 29.2. The van der Waals surface area contributed by atoms with E-state index >= 15 is 0 Å². The highest BCUT2D eigenvalue weighted by Crippen LogP contribution is 2.21. The van der Waals surface area contributed by atoms with Crippen LogP contribution in [0.2, 0.25) is 0 Å². The Morgan fingerprint density at radius 3 is 2.02 bits per heavy atom. The third-order valence-corrected chi connectivity index (χ3v) is 7.64. The van der Waals surface area contributed by atoms with Crippen molar-refractivity contribution in [3.63, 3.8) is 0 Å². The van der Waals surface area contributed by atoms with E-state index in [2.05, 4.69) is 57.1 Å². The lowest BCUT2D eigenvalue weighted by Gasteiger charge is -2.30. The lowest BCUT2D eigenvalue weighted by molar-refractivity contribution is -0.135. The topological polar surface area (TPSA) is 102 Å². The van der Waals surface area contributed by atoms with E-state index in [-0.39, 0.29) is 36.2 Å². The summed E-state index contributed by atoms with van der Waals surface area (Å²) in [5.41, 5.74) is 0.516. The van der Waals surface area contributed by atoms with Gasteiger partial charge in [-0.3, -0.25) is 19.2 Å². The zero-order chi connectivity index (χ0) is 32.9. The van der Waals surface area contributed by atoms with Gasteiger partial charge in [-0.1, -0.05) is 66.9 Å². The summed E-state index contributed by atoms with van der Waals surface area (Å²) < 4.78 is 0. The van der Waals surface area contributed by atoms with Crippen LogP contribution in [0.5, 0.6) is 0 Å². The molecule has 2 rings (SSSR count). The van der Waals surface area contributed by atoms with Gasteiger partial charge in [0.1, 0.15) is 6.04 Å². The Morgan fingerprint density at radius 1 is 0.930 bits per heavy atom. The number of carbonyl (C=O) groups excluding carboxylic acids is 4. The zero-order valence-electron chi connectivity index (χ0n) is 29.2. The number of amides is 4. The van der Waals surface area contributed by atoms with Gasteiger partial charge in [0.05, 0.1) is 12.6 Å². The van der Waals surface area contributed by atoms with Crippen molar-refractivity contribution in [1.29, 1.82) is 0 Å². The summed E-state index contributed by atoms with van der Waals surface area (Å²) in [4.78, 5) is 54.1. The van der Waals surface area contributed by atoms with Crippen LogP contribution >= 0.6 is 0 Å². The molecular weight excluding hydrogens is 542 g/mol. The Bertz CT molecular complexity index is 834. The average Bonchev–Trinajstić information content (AvgIpc) is 3.46. The lowest BCUT2D eigenvalue weighted by atomic mass is 9.99.